The first-order chi connectivity index (χ1) is 8.20. The fourth-order valence-electron chi connectivity index (χ4n) is 2.08. The number of para-hydroxylation sites is 1. The summed E-state index contributed by atoms with van der Waals surface area (Å²) < 4.78 is 0. The van der Waals surface area contributed by atoms with Gasteiger partial charge in [-0.3, -0.25) is 0 Å². The Balaban J connectivity index is 2.74. The van der Waals surface area contributed by atoms with Crippen molar-refractivity contribution in [1.29, 1.82) is 0 Å². The molecular weight excluding hydrogens is 208 g/mol. The third-order valence-corrected chi connectivity index (χ3v) is 3.34. The van der Waals surface area contributed by atoms with Crippen molar-refractivity contribution in [3.8, 4) is 0 Å². The number of nitrogens with zero attached hydrogens (tertiary/aromatic N) is 1. The molecule has 0 aromatic heterocycles. The molecule has 0 saturated heterocycles. The standard InChI is InChI=1S/C15H26N2/c1-5-6-9-12-17(4)15-11-8-7-10-14(15)13(2)16-3/h7-8,10-11,13,16H,5-6,9,12H2,1-4H3. The van der Waals surface area contributed by atoms with Crippen molar-refractivity contribution >= 4 is 5.69 Å². The van der Waals surface area contributed by atoms with Gasteiger partial charge in [-0.2, -0.15) is 0 Å². The molecule has 96 valence electrons. The summed E-state index contributed by atoms with van der Waals surface area (Å²) in [5.41, 5.74) is 2.74. The second-order valence-electron chi connectivity index (χ2n) is 4.70. The van der Waals surface area contributed by atoms with Crippen LogP contribution >= 0.6 is 0 Å². The van der Waals surface area contributed by atoms with E-state index >= 15 is 0 Å². The van der Waals surface area contributed by atoms with Crippen LogP contribution in [0.1, 0.15) is 44.7 Å². The quantitative estimate of drug-likeness (QED) is 0.725. The largest absolute Gasteiger partial charge is 0.374 e. The Hall–Kier alpha value is -1.02. The highest BCUT2D eigenvalue weighted by molar-refractivity contribution is 5.54. The Kier molecular flexibility index (Phi) is 6.06. The van der Waals surface area contributed by atoms with Gasteiger partial charge in [-0.15, -0.1) is 0 Å². The Bertz CT molecular complexity index is 322. The molecule has 1 rings (SSSR count). The van der Waals surface area contributed by atoms with Gasteiger partial charge in [0.25, 0.3) is 0 Å². The SMILES string of the molecule is CCCCCN(C)c1ccccc1C(C)NC. The number of rotatable bonds is 7. The second kappa shape index (κ2) is 7.33. The van der Waals surface area contributed by atoms with E-state index in [4.69, 9.17) is 0 Å². The highest BCUT2D eigenvalue weighted by Crippen LogP contribution is 2.25. The van der Waals surface area contributed by atoms with E-state index < -0.39 is 0 Å². The van der Waals surface area contributed by atoms with Crippen LogP contribution in [0.25, 0.3) is 0 Å². The van der Waals surface area contributed by atoms with Crippen molar-refractivity contribution in [2.45, 2.75) is 39.2 Å². The second-order valence-corrected chi connectivity index (χ2v) is 4.70. The van der Waals surface area contributed by atoms with E-state index in [2.05, 4.69) is 55.4 Å². The summed E-state index contributed by atoms with van der Waals surface area (Å²) in [7, 11) is 4.20. The first-order valence-electron chi connectivity index (χ1n) is 6.68. The molecule has 0 heterocycles. The van der Waals surface area contributed by atoms with E-state index in [1.165, 1.54) is 30.5 Å². The van der Waals surface area contributed by atoms with Gasteiger partial charge in [0.15, 0.2) is 0 Å². The van der Waals surface area contributed by atoms with Crippen molar-refractivity contribution < 1.29 is 0 Å². The third kappa shape index (κ3) is 4.04. The molecule has 1 N–H and O–H groups in total. The van der Waals surface area contributed by atoms with Crippen molar-refractivity contribution in [2.75, 3.05) is 25.5 Å². The van der Waals surface area contributed by atoms with E-state index in [0.29, 0.717) is 6.04 Å². The number of unbranched alkanes of at least 4 members (excludes halogenated alkanes) is 2. The van der Waals surface area contributed by atoms with E-state index in [9.17, 15) is 0 Å². The molecule has 0 aliphatic heterocycles. The molecule has 0 radical (unpaired) electrons. The predicted octanol–water partition coefficient (Wildman–Crippen LogP) is 3.59. The molecule has 0 amide bonds. The number of nitrogens with one attached hydrogen (secondary N) is 1. The molecular formula is C15H26N2. The first kappa shape index (κ1) is 14.0. The molecule has 0 aliphatic rings. The lowest BCUT2D eigenvalue weighted by Crippen LogP contribution is -2.22. The maximum Gasteiger partial charge on any atom is 0.0412 e. The van der Waals surface area contributed by atoms with Gasteiger partial charge >= 0.3 is 0 Å². The Labute approximate surface area is 106 Å². The zero-order valence-electron chi connectivity index (χ0n) is 11.7. The summed E-state index contributed by atoms with van der Waals surface area (Å²) >= 11 is 0. The summed E-state index contributed by atoms with van der Waals surface area (Å²) in [4.78, 5) is 2.37. The molecule has 0 aliphatic carbocycles. The van der Waals surface area contributed by atoms with Crippen molar-refractivity contribution in [2.24, 2.45) is 0 Å². The maximum absolute atomic E-state index is 3.32. The Morgan fingerprint density at radius 2 is 1.94 bits per heavy atom. The van der Waals surface area contributed by atoms with Crippen LogP contribution in [0.5, 0.6) is 0 Å². The van der Waals surface area contributed by atoms with E-state index in [1.807, 2.05) is 7.05 Å². The van der Waals surface area contributed by atoms with E-state index in [-0.39, 0.29) is 0 Å². The molecule has 1 aromatic rings. The van der Waals surface area contributed by atoms with Crippen molar-refractivity contribution in [3.05, 3.63) is 29.8 Å². The van der Waals surface area contributed by atoms with Crippen LogP contribution in [0.4, 0.5) is 5.69 Å². The van der Waals surface area contributed by atoms with Crippen LogP contribution in [0.3, 0.4) is 0 Å². The van der Waals surface area contributed by atoms with Gasteiger partial charge in [-0.25, -0.2) is 0 Å². The topological polar surface area (TPSA) is 15.3 Å². The molecule has 17 heavy (non-hydrogen) atoms. The lowest BCUT2D eigenvalue weighted by molar-refractivity contribution is 0.645. The third-order valence-electron chi connectivity index (χ3n) is 3.34. The molecule has 1 unspecified atom stereocenters. The fraction of sp³-hybridized carbons (Fsp3) is 0.600. The van der Waals surface area contributed by atoms with Gasteiger partial charge in [0.2, 0.25) is 0 Å². The number of anilines is 1. The highest BCUT2D eigenvalue weighted by Gasteiger charge is 2.10. The Morgan fingerprint density at radius 1 is 1.24 bits per heavy atom. The lowest BCUT2D eigenvalue weighted by atomic mass is 10.1. The van der Waals surface area contributed by atoms with Crippen LogP contribution in [-0.2, 0) is 0 Å². The number of benzene rings is 1. The van der Waals surface area contributed by atoms with Crippen LogP contribution < -0.4 is 10.2 Å². The average Bonchev–Trinajstić information content (AvgIpc) is 2.38. The Morgan fingerprint density at radius 3 is 2.59 bits per heavy atom. The van der Waals surface area contributed by atoms with Gasteiger partial charge in [0.05, 0.1) is 0 Å². The minimum atomic E-state index is 0.403. The molecule has 0 saturated carbocycles. The summed E-state index contributed by atoms with van der Waals surface area (Å²) in [6.07, 6.45) is 3.87. The van der Waals surface area contributed by atoms with E-state index in [1.54, 1.807) is 0 Å². The van der Waals surface area contributed by atoms with Gasteiger partial charge in [-0.1, -0.05) is 38.0 Å². The molecule has 2 nitrogen and oxygen atoms in total. The zero-order valence-corrected chi connectivity index (χ0v) is 11.7. The molecule has 1 atom stereocenters. The average molecular weight is 234 g/mol. The summed E-state index contributed by atoms with van der Waals surface area (Å²) in [6, 6.07) is 9.08. The zero-order chi connectivity index (χ0) is 12.7. The maximum atomic E-state index is 3.32. The first-order valence-corrected chi connectivity index (χ1v) is 6.68. The van der Waals surface area contributed by atoms with Gasteiger partial charge in [-0.05, 0) is 32.0 Å². The van der Waals surface area contributed by atoms with Crippen LogP contribution in [0.2, 0.25) is 0 Å². The molecule has 2 heteroatoms. The van der Waals surface area contributed by atoms with Crippen molar-refractivity contribution in [3.63, 3.8) is 0 Å². The minimum Gasteiger partial charge on any atom is -0.374 e. The normalized spacial score (nSPS) is 12.5. The van der Waals surface area contributed by atoms with Gasteiger partial charge < -0.3 is 10.2 Å². The summed E-state index contributed by atoms with van der Waals surface area (Å²) in [5.74, 6) is 0. The molecule has 1 aromatic carbocycles. The van der Waals surface area contributed by atoms with Gasteiger partial charge in [0, 0.05) is 25.3 Å². The fourth-order valence-corrected chi connectivity index (χ4v) is 2.08. The number of hydrogen-bond acceptors (Lipinski definition) is 2. The monoisotopic (exact) mass is 234 g/mol. The van der Waals surface area contributed by atoms with Gasteiger partial charge in [0.1, 0.15) is 0 Å². The molecule has 0 spiro atoms. The molecule has 0 fully saturated rings. The highest BCUT2D eigenvalue weighted by atomic mass is 15.1. The van der Waals surface area contributed by atoms with E-state index in [0.717, 1.165) is 6.54 Å². The summed E-state index contributed by atoms with van der Waals surface area (Å²) in [5, 5.41) is 3.32. The smallest absolute Gasteiger partial charge is 0.0412 e. The van der Waals surface area contributed by atoms with Crippen LogP contribution in [0.15, 0.2) is 24.3 Å². The van der Waals surface area contributed by atoms with Crippen molar-refractivity contribution in [1.82, 2.24) is 5.32 Å². The summed E-state index contributed by atoms with van der Waals surface area (Å²) in [6.45, 7) is 5.59. The van der Waals surface area contributed by atoms with Crippen LogP contribution in [-0.4, -0.2) is 20.6 Å². The molecule has 0 bridgehead atoms. The minimum absolute atomic E-state index is 0.403. The number of hydrogen-bond donors (Lipinski definition) is 1. The van der Waals surface area contributed by atoms with Crippen LogP contribution in [0, 0.1) is 0 Å². The predicted molar refractivity (Wildman–Crippen MR) is 76.7 cm³/mol. The lowest BCUT2D eigenvalue weighted by Gasteiger charge is -2.25.